The zero-order valence-corrected chi connectivity index (χ0v) is 15.4. The molecule has 0 amide bonds. The van der Waals surface area contributed by atoms with Gasteiger partial charge in [0.25, 0.3) is 0 Å². The van der Waals surface area contributed by atoms with E-state index in [0.29, 0.717) is 6.04 Å². The van der Waals surface area contributed by atoms with Crippen molar-refractivity contribution in [3.05, 3.63) is 28.2 Å². The van der Waals surface area contributed by atoms with Crippen molar-refractivity contribution in [3.8, 4) is 0 Å². The van der Waals surface area contributed by atoms with Crippen LogP contribution in [0.5, 0.6) is 0 Å². The largest absolute Gasteiger partial charge is 0.371 e. The van der Waals surface area contributed by atoms with Gasteiger partial charge in [0.05, 0.1) is 0 Å². The van der Waals surface area contributed by atoms with E-state index in [1.807, 2.05) is 0 Å². The summed E-state index contributed by atoms with van der Waals surface area (Å²) in [6, 6.07) is 7.12. The number of hydrogen-bond acceptors (Lipinski definition) is 2. The Hall–Kier alpha value is -0.540. The standard InChI is InChI=1S/C18H29BrN2/c1-5-20-14(4)17-12-16(19)6-7-18(17)21-10-8-15(9-11-21)13(2)3/h6-7,12-15,20H,5,8-11H2,1-4H3. The minimum absolute atomic E-state index is 0.394. The van der Waals surface area contributed by atoms with Gasteiger partial charge in [0.15, 0.2) is 0 Å². The third-order valence-electron chi connectivity index (χ3n) is 4.79. The van der Waals surface area contributed by atoms with Crippen LogP contribution in [0.4, 0.5) is 5.69 Å². The predicted octanol–water partition coefficient (Wildman–Crippen LogP) is 4.99. The molecule has 0 aliphatic carbocycles. The quantitative estimate of drug-likeness (QED) is 0.802. The maximum atomic E-state index is 3.62. The third kappa shape index (κ3) is 4.23. The van der Waals surface area contributed by atoms with Crippen molar-refractivity contribution in [1.29, 1.82) is 0 Å². The van der Waals surface area contributed by atoms with Gasteiger partial charge in [-0.3, -0.25) is 0 Å². The first-order chi connectivity index (χ1) is 10.0. The molecule has 2 nitrogen and oxygen atoms in total. The van der Waals surface area contributed by atoms with E-state index in [0.717, 1.165) is 18.4 Å². The Bertz CT molecular complexity index is 451. The fourth-order valence-corrected chi connectivity index (χ4v) is 3.76. The first-order valence-corrected chi connectivity index (χ1v) is 9.10. The van der Waals surface area contributed by atoms with Gasteiger partial charge >= 0.3 is 0 Å². The number of halogens is 1. The summed E-state index contributed by atoms with van der Waals surface area (Å²) in [5, 5.41) is 3.55. The van der Waals surface area contributed by atoms with Crippen LogP contribution in [0.25, 0.3) is 0 Å². The van der Waals surface area contributed by atoms with Crippen molar-refractivity contribution >= 4 is 21.6 Å². The van der Waals surface area contributed by atoms with Crippen molar-refractivity contribution in [1.82, 2.24) is 5.32 Å². The van der Waals surface area contributed by atoms with Crippen LogP contribution >= 0.6 is 15.9 Å². The molecule has 0 saturated carbocycles. The number of anilines is 1. The van der Waals surface area contributed by atoms with Gasteiger partial charge in [-0.05, 0) is 61.9 Å². The second-order valence-corrected chi connectivity index (χ2v) is 7.47. The zero-order chi connectivity index (χ0) is 15.4. The molecule has 1 saturated heterocycles. The molecule has 2 rings (SSSR count). The topological polar surface area (TPSA) is 15.3 Å². The number of nitrogens with zero attached hydrogens (tertiary/aromatic N) is 1. The summed E-state index contributed by atoms with van der Waals surface area (Å²) in [5.74, 6) is 1.71. The Morgan fingerprint density at radius 1 is 1.24 bits per heavy atom. The molecule has 1 aliphatic rings. The Kier molecular flexibility index (Phi) is 6.12. The van der Waals surface area contributed by atoms with E-state index in [1.54, 1.807) is 0 Å². The van der Waals surface area contributed by atoms with Crippen LogP contribution in [0.15, 0.2) is 22.7 Å². The lowest BCUT2D eigenvalue weighted by molar-refractivity contribution is 0.311. The minimum Gasteiger partial charge on any atom is -0.371 e. The summed E-state index contributed by atoms with van der Waals surface area (Å²) in [7, 11) is 0. The maximum absolute atomic E-state index is 3.62. The lowest BCUT2D eigenvalue weighted by Gasteiger charge is -2.37. The molecule has 1 unspecified atom stereocenters. The molecule has 1 heterocycles. The van der Waals surface area contributed by atoms with Gasteiger partial charge in [0.1, 0.15) is 0 Å². The van der Waals surface area contributed by atoms with E-state index in [9.17, 15) is 0 Å². The van der Waals surface area contributed by atoms with Gasteiger partial charge in [-0.2, -0.15) is 0 Å². The molecular formula is C18H29BrN2. The average Bonchev–Trinajstić information content (AvgIpc) is 2.47. The number of piperidine rings is 1. The second-order valence-electron chi connectivity index (χ2n) is 6.55. The molecule has 1 aliphatic heterocycles. The Morgan fingerprint density at radius 2 is 1.90 bits per heavy atom. The van der Waals surface area contributed by atoms with E-state index in [2.05, 4.69) is 72.0 Å². The van der Waals surface area contributed by atoms with Crippen LogP contribution in [0.1, 0.15) is 52.1 Å². The van der Waals surface area contributed by atoms with Gasteiger partial charge in [-0.25, -0.2) is 0 Å². The monoisotopic (exact) mass is 352 g/mol. The Morgan fingerprint density at radius 3 is 2.48 bits per heavy atom. The van der Waals surface area contributed by atoms with Gasteiger partial charge in [-0.15, -0.1) is 0 Å². The van der Waals surface area contributed by atoms with Crippen molar-refractivity contribution < 1.29 is 0 Å². The molecule has 0 spiro atoms. The number of rotatable bonds is 5. The van der Waals surface area contributed by atoms with Gasteiger partial charge < -0.3 is 10.2 Å². The van der Waals surface area contributed by atoms with E-state index in [1.165, 1.54) is 41.7 Å². The molecule has 0 aromatic heterocycles. The fourth-order valence-electron chi connectivity index (χ4n) is 3.38. The smallest absolute Gasteiger partial charge is 0.0415 e. The molecule has 1 aromatic carbocycles. The van der Waals surface area contributed by atoms with Gasteiger partial charge in [-0.1, -0.05) is 36.7 Å². The average molecular weight is 353 g/mol. The molecule has 0 radical (unpaired) electrons. The molecule has 1 N–H and O–H groups in total. The molecule has 0 bridgehead atoms. The Labute approximate surface area is 138 Å². The van der Waals surface area contributed by atoms with E-state index < -0.39 is 0 Å². The zero-order valence-electron chi connectivity index (χ0n) is 13.8. The summed E-state index contributed by atoms with van der Waals surface area (Å²) >= 11 is 3.62. The van der Waals surface area contributed by atoms with Crippen molar-refractivity contribution in [3.63, 3.8) is 0 Å². The van der Waals surface area contributed by atoms with Gasteiger partial charge in [0, 0.05) is 29.3 Å². The lowest BCUT2D eigenvalue weighted by atomic mass is 9.86. The van der Waals surface area contributed by atoms with Crippen LogP contribution in [0, 0.1) is 11.8 Å². The van der Waals surface area contributed by atoms with Crippen molar-refractivity contribution in [2.24, 2.45) is 11.8 Å². The van der Waals surface area contributed by atoms with Crippen molar-refractivity contribution in [2.45, 2.75) is 46.6 Å². The highest BCUT2D eigenvalue weighted by Gasteiger charge is 2.24. The lowest BCUT2D eigenvalue weighted by Crippen LogP contribution is -2.36. The second kappa shape index (κ2) is 7.64. The van der Waals surface area contributed by atoms with Crippen molar-refractivity contribution in [2.75, 3.05) is 24.5 Å². The van der Waals surface area contributed by atoms with Gasteiger partial charge in [0.2, 0.25) is 0 Å². The molecule has 1 atom stereocenters. The predicted molar refractivity (Wildman–Crippen MR) is 96.0 cm³/mol. The summed E-state index contributed by atoms with van der Waals surface area (Å²) in [4.78, 5) is 2.58. The summed E-state index contributed by atoms with van der Waals surface area (Å²) in [5.41, 5.74) is 2.82. The molecule has 21 heavy (non-hydrogen) atoms. The van der Waals surface area contributed by atoms with Crippen LogP contribution in [0.2, 0.25) is 0 Å². The molecule has 3 heteroatoms. The third-order valence-corrected chi connectivity index (χ3v) is 5.28. The minimum atomic E-state index is 0.394. The SMILES string of the molecule is CCNC(C)c1cc(Br)ccc1N1CCC(C(C)C)CC1. The summed E-state index contributed by atoms with van der Waals surface area (Å²) < 4.78 is 1.17. The number of hydrogen-bond donors (Lipinski definition) is 1. The number of nitrogens with one attached hydrogen (secondary N) is 1. The number of benzene rings is 1. The molecule has 1 fully saturated rings. The Balaban J connectivity index is 2.16. The van der Waals surface area contributed by atoms with Crippen LogP contribution in [-0.4, -0.2) is 19.6 Å². The first kappa shape index (κ1) is 16.8. The van der Waals surface area contributed by atoms with Crippen LogP contribution in [-0.2, 0) is 0 Å². The van der Waals surface area contributed by atoms with Crippen LogP contribution in [0.3, 0.4) is 0 Å². The maximum Gasteiger partial charge on any atom is 0.0415 e. The molecular weight excluding hydrogens is 324 g/mol. The summed E-state index contributed by atoms with van der Waals surface area (Å²) in [6.45, 7) is 12.5. The first-order valence-electron chi connectivity index (χ1n) is 8.30. The molecule has 1 aromatic rings. The van der Waals surface area contributed by atoms with E-state index in [4.69, 9.17) is 0 Å². The summed E-state index contributed by atoms with van der Waals surface area (Å²) in [6.07, 6.45) is 2.64. The van der Waals surface area contributed by atoms with Crippen LogP contribution < -0.4 is 10.2 Å². The highest BCUT2D eigenvalue weighted by Crippen LogP contribution is 2.33. The highest BCUT2D eigenvalue weighted by molar-refractivity contribution is 9.10. The van der Waals surface area contributed by atoms with E-state index >= 15 is 0 Å². The fraction of sp³-hybridized carbons (Fsp3) is 0.667. The van der Waals surface area contributed by atoms with E-state index in [-0.39, 0.29) is 0 Å². The normalized spacial score (nSPS) is 18.3. The highest BCUT2D eigenvalue weighted by atomic mass is 79.9. The molecule has 118 valence electrons.